The predicted molar refractivity (Wildman–Crippen MR) is 116 cm³/mol. The maximum atomic E-state index is 13.3. The molecule has 0 unspecified atom stereocenters. The minimum atomic E-state index is -4.58. The number of nitrogens with one attached hydrogen (secondary N) is 3. The highest BCUT2D eigenvalue weighted by molar-refractivity contribution is 5.99. The number of nitrogens with zero attached hydrogens (tertiary/aromatic N) is 1. The molecule has 0 saturated carbocycles. The molecule has 1 aromatic heterocycles. The Labute approximate surface area is 187 Å². The third-order valence-electron chi connectivity index (χ3n) is 4.79. The number of ether oxygens (including phenoxy) is 2. The first-order valence-corrected chi connectivity index (χ1v) is 10.1. The van der Waals surface area contributed by atoms with Gasteiger partial charge < -0.3 is 25.4 Å². The van der Waals surface area contributed by atoms with Crippen LogP contribution in [0.25, 0.3) is 0 Å². The summed E-state index contributed by atoms with van der Waals surface area (Å²) in [5.41, 5.74) is -0.503. The van der Waals surface area contributed by atoms with Crippen LogP contribution in [0.5, 0.6) is 17.2 Å². The Morgan fingerprint density at radius 1 is 1.03 bits per heavy atom. The lowest BCUT2D eigenvalue weighted by atomic mass is 10.1. The molecule has 2 aromatic carbocycles. The molecule has 7 nitrogen and oxygen atoms in total. The molecule has 0 bridgehead atoms. The Balaban J connectivity index is 1.39. The number of amides is 2. The molecular formula is C23H20F3N4O3. The van der Waals surface area contributed by atoms with E-state index in [-0.39, 0.29) is 17.4 Å². The summed E-state index contributed by atoms with van der Waals surface area (Å²) in [6.45, 7) is 1.82. The average Bonchev–Trinajstić information content (AvgIpc) is 2.74. The van der Waals surface area contributed by atoms with Crippen molar-refractivity contribution in [2.24, 2.45) is 5.92 Å². The zero-order valence-electron chi connectivity index (χ0n) is 17.3. The van der Waals surface area contributed by atoms with E-state index in [1.807, 2.05) is 0 Å². The van der Waals surface area contributed by atoms with Crippen LogP contribution >= 0.6 is 0 Å². The van der Waals surface area contributed by atoms with Gasteiger partial charge in [-0.3, -0.25) is 4.98 Å². The molecule has 1 fully saturated rings. The summed E-state index contributed by atoms with van der Waals surface area (Å²) in [6.07, 6.45) is -0.375. The van der Waals surface area contributed by atoms with Gasteiger partial charge in [0.25, 0.3) is 0 Å². The SMILES string of the molecule is O=C(Nc1ccc(Oc2c[c]ncc2)cc1)Nc1cc(OCC2CNC2)cc(C(F)(F)F)c1. The number of halogens is 3. The van der Waals surface area contributed by atoms with Gasteiger partial charge in [0.05, 0.1) is 18.4 Å². The van der Waals surface area contributed by atoms with Gasteiger partial charge in [-0.25, -0.2) is 4.79 Å². The molecule has 2 heterocycles. The summed E-state index contributed by atoms with van der Waals surface area (Å²) in [7, 11) is 0. The molecule has 10 heteroatoms. The molecule has 1 radical (unpaired) electrons. The lowest BCUT2D eigenvalue weighted by Crippen LogP contribution is -2.45. The number of benzene rings is 2. The average molecular weight is 457 g/mol. The molecule has 1 saturated heterocycles. The topological polar surface area (TPSA) is 84.5 Å². The van der Waals surface area contributed by atoms with E-state index in [1.165, 1.54) is 6.07 Å². The van der Waals surface area contributed by atoms with Gasteiger partial charge in [-0.2, -0.15) is 13.2 Å². The van der Waals surface area contributed by atoms with Crippen molar-refractivity contribution < 1.29 is 27.4 Å². The number of hydrogen-bond acceptors (Lipinski definition) is 5. The van der Waals surface area contributed by atoms with Crippen LogP contribution in [-0.4, -0.2) is 30.7 Å². The van der Waals surface area contributed by atoms with Gasteiger partial charge in [0.1, 0.15) is 17.2 Å². The normalized spacial score (nSPS) is 13.7. The van der Waals surface area contributed by atoms with Gasteiger partial charge in [-0.15, -0.1) is 0 Å². The maximum Gasteiger partial charge on any atom is 0.416 e. The van der Waals surface area contributed by atoms with Crippen LogP contribution < -0.4 is 25.4 Å². The second-order valence-electron chi connectivity index (χ2n) is 7.41. The van der Waals surface area contributed by atoms with E-state index in [2.05, 4.69) is 27.1 Å². The first kappa shape index (κ1) is 22.4. The zero-order chi connectivity index (χ0) is 23.3. The second kappa shape index (κ2) is 9.78. The van der Waals surface area contributed by atoms with Crippen molar-refractivity contribution in [2.75, 3.05) is 30.3 Å². The Morgan fingerprint density at radius 3 is 2.42 bits per heavy atom. The number of carbonyl (C=O) groups excluding carboxylic acids is 1. The molecule has 171 valence electrons. The van der Waals surface area contributed by atoms with Gasteiger partial charge in [-0.1, -0.05) is 0 Å². The standard InChI is InChI=1S/C23H20F3N4O3/c24-23(25,26)16-9-18(11-21(10-16)32-14-15-12-28-13-15)30-22(31)29-17-1-3-19(4-2-17)33-20-5-7-27-8-6-20/h1-7,9-11,15,28H,12-14H2,(H2,29,30,31). The lowest BCUT2D eigenvalue weighted by Gasteiger charge is -2.27. The van der Waals surface area contributed by atoms with E-state index >= 15 is 0 Å². The van der Waals surface area contributed by atoms with Crippen molar-refractivity contribution in [2.45, 2.75) is 6.18 Å². The van der Waals surface area contributed by atoms with Crippen LogP contribution in [0.2, 0.25) is 0 Å². The third-order valence-corrected chi connectivity index (χ3v) is 4.79. The molecule has 4 rings (SSSR count). The summed E-state index contributed by atoms with van der Waals surface area (Å²) in [5, 5.41) is 8.08. The fourth-order valence-corrected chi connectivity index (χ4v) is 3.00. The number of urea groups is 1. The quantitative estimate of drug-likeness (QED) is 0.468. The molecule has 1 aliphatic heterocycles. The highest BCUT2D eigenvalue weighted by Crippen LogP contribution is 2.34. The fraction of sp³-hybridized carbons (Fsp3) is 0.217. The van der Waals surface area contributed by atoms with Gasteiger partial charge in [0, 0.05) is 48.7 Å². The van der Waals surface area contributed by atoms with Crippen molar-refractivity contribution in [1.29, 1.82) is 0 Å². The van der Waals surface area contributed by atoms with E-state index < -0.39 is 17.8 Å². The summed E-state index contributed by atoms with van der Waals surface area (Å²) in [4.78, 5) is 16.1. The second-order valence-corrected chi connectivity index (χ2v) is 7.41. The van der Waals surface area contributed by atoms with Crippen molar-refractivity contribution in [3.05, 3.63) is 72.6 Å². The Hall–Kier alpha value is -3.79. The third kappa shape index (κ3) is 6.36. The van der Waals surface area contributed by atoms with E-state index in [9.17, 15) is 18.0 Å². The van der Waals surface area contributed by atoms with Gasteiger partial charge in [-0.05, 0) is 42.5 Å². The minimum absolute atomic E-state index is 0.0297. The lowest BCUT2D eigenvalue weighted by molar-refractivity contribution is -0.137. The zero-order valence-corrected chi connectivity index (χ0v) is 17.3. The highest BCUT2D eigenvalue weighted by atomic mass is 19.4. The Bertz CT molecular complexity index is 1090. The van der Waals surface area contributed by atoms with E-state index in [0.717, 1.165) is 25.2 Å². The van der Waals surface area contributed by atoms with Crippen LogP contribution in [0.4, 0.5) is 29.3 Å². The fourth-order valence-electron chi connectivity index (χ4n) is 3.00. The number of anilines is 2. The molecule has 2 amide bonds. The highest BCUT2D eigenvalue weighted by Gasteiger charge is 2.32. The van der Waals surface area contributed by atoms with Crippen molar-refractivity contribution in [3.8, 4) is 17.2 Å². The van der Waals surface area contributed by atoms with E-state index in [1.54, 1.807) is 42.6 Å². The number of alkyl halides is 3. The Kier molecular flexibility index (Phi) is 6.64. The predicted octanol–water partition coefficient (Wildman–Crippen LogP) is 4.94. The molecule has 1 aliphatic rings. The van der Waals surface area contributed by atoms with Crippen LogP contribution in [0.1, 0.15) is 5.56 Å². The number of rotatable bonds is 7. The molecule has 0 spiro atoms. The monoisotopic (exact) mass is 457 g/mol. The van der Waals surface area contributed by atoms with E-state index in [4.69, 9.17) is 9.47 Å². The smallest absolute Gasteiger partial charge is 0.416 e. The Morgan fingerprint density at radius 2 is 1.79 bits per heavy atom. The van der Waals surface area contributed by atoms with Crippen LogP contribution in [0, 0.1) is 12.1 Å². The molecule has 33 heavy (non-hydrogen) atoms. The summed E-state index contributed by atoms with van der Waals surface area (Å²) < 4.78 is 51.0. The van der Waals surface area contributed by atoms with Gasteiger partial charge >= 0.3 is 12.2 Å². The first-order valence-electron chi connectivity index (χ1n) is 10.1. The van der Waals surface area contributed by atoms with Crippen molar-refractivity contribution in [1.82, 2.24) is 10.3 Å². The molecular weight excluding hydrogens is 437 g/mol. The minimum Gasteiger partial charge on any atom is -0.493 e. The van der Waals surface area contributed by atoms with E-state index in [0.29, 0.717) is 23.8 Å². The number of pyridine rings is 1. The maximum absolute atomic E-state index is 13.3. The van der Waals surface area contributed by atoms with Crippen LogP contribution in [0.3, 0.4) is 0 Å². The van der Waals surface area contributed by atoms with Gasteiger partial charge in [0.15, 0.2) is 0 Å². The largest absolute Gasteiger partial charge is 0.493 e. The van der Waals surface area contributed by atoms with Crippen LogP contribution in [0.15, 0.2) is 60.8 Å². The number of carbonyl (C=O) groups is 1. The van der Waals surface area contributed by atoms with Crippen molar-refractivity contribution in [3.63, 3.8) is 0 Å². The number of hydrogen-bond donors (Lipinski definition) is 3. The molecule has 0 aliphatic carbocycles. The molecule has 3 N–H and O–H groups in total. The summed E-state index contributed by atoms with van der Waals surface area (Å²) in [6, 6.07) is 12.2. The molecule has 3 aromatic rings. The molecule has 0 atom stereocenters. The van der Waals surface area contributed by atoms with Gasteiger partial charge in [0.2, 0.25) is 0 Å². The van der Waals surface area contributed by atoms with Crippen molar-refractivity contribution >= 4 is 17.4 Å². The number of aromatic nitrogens is 1. The summed E-state index contributed by atoms with van der Waals surface area (Å²) in [5.74, 6) is 1.38. The summed E-state index contributed by atoms with van der Waals surface area (Å²) >= 11 is 0. The van der Waals surface area contributed by atoms with Crippen LogP contribution in [-0.2, 0) is 6.18 Å². The first-order chi connectivity index (χ1) is 15.8.